The van der Waals surface area contributed by atoms with Gasteiger partial charge in [-0.05, 0) is 41.7 Å². The molecule has 0 saturated carbocycles. The Labute approximate surface area is 163 Å². The molecule has 0 unspecified atom stereocenters. The lowest BCUT2D eigenvalue weighted by molar-refractivity contribution is -0.0909. The smallest absolute Gasteiger partial charge is 0.173 e. The molecule has 6 heteroatoms. The molecule has 0 spiro atoms. The summed E-state index contributed by atoms with van der Waals surface area (Å²) in [5.74, 6) is 0.567. The van der Waals surface area contributed by atoms with E-state index in [1.807, 2.05) is 24.3 Å². The number of hydrogen-bond acceptors (Lipinski definition) is 6. The predicted octanol–water partition coefficient (Wildman–Crippen LogP) is 1.74. The predicted molar refractivity (Wildman–Crippen MR) is 106 cm³/mol. The summed E-state index contributed by atoms with van der Waals surface area (Å²) >= 11 is 1.12. The first-order valence-electron chi connectivity index (χ1n) is 9.15. The molecule has 0 aliphatic carbocycles. The van der Waals surface area contributed by atoms with E-state index in [-0.39, 0.29) is 6.61 Å². The molecule has 5 nitrogen and oxygen atoms in total. The minimum Gasteiger partial charge on any atom is -0.477 e. The molecule has 146 valence electrons. The first-order chi connectivity index (χ1) is 13.0. The monoisotopic (exact) mass is 390 g/mol. The maximum atomic E-state index is 10.1. The Morgan fingerprint density at radius 2 is 1.37 bits per heavy atom. The summed E-state index contributed by atoms with van der Waals surface area (Å²) in [5, 5.41) is 38.7. The Morgan fingerprint density at radius 1 is 0.815 bits per heavy atom. The molecule has 3 rings (SSSR count). The molecule has 1 fully saturated rings. The van der Waals surface area contributed by atoms with Crippen molar-refractivity contribution in [2.45, 2.75) is 48.8 Å². The first kappa shape index (κ1) is 20.2. The number of aryl methyl sites for hydroxylation is 1. The van der Waals surface area contributed by atoms with Gasteiger partial charge in [0.15, 0.2) is 5.44 Å². The summed E-state index contributed by atoms with van der Waals surface area (Å²) in [5.41, 5.74) is 2.95. The highest BCUT2D eigenvalue weighted by Gasteiger charge is 2.44. The average Bonchev–Trinajstić information content (AvgIpc) is 2.70. The Bertz CT molecular complexity index is 716. The number of rotatable bonds is 6. The third kappa shape index (κ3) is 4.83. The van der Waals surface area contributed by atoms with Gasteiger partial charge in [0.2, 0.25) is 0 Å². The van der Waals surface area contributed by atoms with E-state index in [1.54, 1.807) is 0 Å². The van der Waals surface area contributed by atoms with E-state index in [2.05, 4.69) is 31.2 Å². The molecule has 2 aromatic rings. The molecule has 2 aromatic carbocycles. The summed E-state index contributed by atoms with van der Waals surface area (Å²) in [6.45, 7) is 1.84. The minimum absolute atomic E-state index is 0.300. The van der Waals surface area contributed by atoms with Crippen LogP contribution >= 0.6 is 11.8 Å². The standard InChI is InChI=1S/C21H26O5S/c1-2-13-3-5-14(6-4-13)11-15-7-9-16(10-8-15)26-21-20(25)19(24)18(23)17(12-22)27-21/h3-10,17-25H,2,11-12H2,1H3/t17-,18-,19+,20-,21-/m1/s1. The van der Waals surface area contributed by atoms with Crippen molar-refractivity contribution >= 4 is 11.8 Å². The SMILES string of the molecule is CCc1ccc(Cc2ccc(O[C@@H]3S[C@H](CO)[C@@H](O)[C@H](O)[C@H]3O)cc2)cc1. The largest absolute Gasteiger partial charge is 0.477 e. The van der Waals surface area contributed by atoms with E-state index < -0.39 is 29.0 Å². The fraction of sp³-hybridized carbons (Fsp3) is 0.429. The highest BCUT2D eigenvalue weighted by molar-refractivity contribution is 8.00. The maximum absolute atomic E-state index is 10.1. The Morgan fingerprint density at radius 3 is 1.93 bits per heavy atom. The van der Waals surface area contributed by atoms with Crippen molar-refractivity contribution in [3.8, 4) is 5.75 Å². The fourth-order valence-electron chi connectivity index (χ4n) is 3.11. The molecule has 1 aliphatic heterocycles. The summed E-state index contributed by atoms with van der Waals surface area (Å²) in [6, 6.07) is 16.2. The molecule has 0 radical (unpaired) electrons. The van der Waals surface area contributed by atoms with Gasteiger partial charge in [-0.3, -0.25) is 0 Å². The van der Waals surface area contributed by atoms with Gasteiger partial charge >= 0.3 is 0 Å². The lowest BCUT2D eigenvalue weighted by atomic mass is 10.0. The molecule has 0 bridgehead atoms. The molecular weight excluding hydrogens is 364 g/mol. The normalized spacial score (nSPS) is 28.1. The Balaban J connectivity index is 1.63. The highest BCUT2D eigenvalue weighted by Crippen LogP contribution is 2.34. The van der Waals surface area contributed by atoms with Crippen LogP contribution in [0, 0.1) is 0 Å². The fourth-order valence-corrected chi connectivity index (χ4v) is 4.35. The molecular formula is C21H26O5S. The van der Waals surface area contributed by atoms with Crippen molar-refractivity contribution in [3.05, 3.63) is 65.2 Å². The lowest BCUT2D eigenvalue weighted by Gasteiger charge is -2.39. The van der Waals surface area contributed by atoms with Crippen LogP contribution in [0.2, 0.25) is 0 Å². The lowest BCUT2D eigenvalue weighted by Crippen LogP contribution is -2.55. The number of hydrogen-bond donors (Lipinski definition) is 4. The van der Waals surface area contributed by atoms with Crippen LogP contribution in [0.1, 0.15) is 23.6 Å². The molecule has 1 saturated heterocycles. The second kappa shape index (κ2) is 9.08. The Hall–Kier alpha value is -1.57. The van der Waals surface area contributed by atoms with E-state index in [0.717, 1.165) is 30.2 Å². The zero-order chi connectivity index (χ0) is 19.4. The summed E-state index contributed by atoms with van der Waals surface area (Å²) in [7, 11) is 0. The summed E-state index contributed by atoms with van der Waals surface area (Å²) in [6.07, 6.45) is -1.91. The van der Waals surface area contributed by atoms with Crippen molar-refractivity contribution < 1.29 is 25.2 Å². The summed E-state index contributed by atoms with van der Waals surface area (Å²) in [4.78, 5) is 0. The van der Waals surface area contributed by atoms with Crippen LogP contribution in [0.15, 0.2) is 48.5 Å². The van der Waals surface area contributed by atoms with Gasteiger partial charge in [0.25, 0.3) is 0 Å². The number of aliphatic hydroxyl groups excluding tert-OH is 4. The van der Waals surface area contributed by atoms with Crippen molar-refractivity contribution in [1.82, 2.24) is 0 Å². The van der Waals surface area contributed by atoms with Crippen molar-refractivity contribution in [2.24, 2.45) is 0 Å². The van der Waals surface area contributed by atoms with E-state index in [4.69, 9.17) is 4.74 Å². The van der Waals surface area contributed by atoms with Crippen molar-refractivity contribution in [2.75, 3.05) is 6.61 Å². The van der Waals surface area contributed by atoms with E-state index in [1.165, 1.54) is 11.1 Å². The zero-order valence-electron chi connectivity index (χ0n) is 15.2. The number of benzene rings is 2. The number of ether oxygens (including phenoxy) is 1. The van der Waals surface area contributed by atoms with Crippen LogP contribution in [0.4, 0.5) is 0 Å². The quantitative estimate of drug-likeness (QED) is 0.601. The maximum Gasteiger partial charge on any atom is 0.173 e. The van der Waals surface area contributed by atoms with Gasteiger partial charge in [-0.25, -0.2) is 0 Å². The van der Waals surface area contributed by atoms with E-state index in [0.29, 0.717) is 5.75 Å². The summed E-state index contributed by atoms with van der Waals surface area (Å²) < 4.78 is 5.78. The number of thioether (sulfide) groups is 1. The minimum atomic E-state index is -1.35. The van der Waals surface area contributed by atoms with Crippen molar-refractivity contribution in [1.29, 1.82) is 0 Å². The van der Waals surface area contributed by atoms with Gasteiger partial charge in [-0.15, -0.1) is 11.8 Å². The molecule has 5 atom stereocenters. The van der Waals surface area contributed by atoms with Crippen LogP contribution in [-0.4, -0.2) is 56.0 Å². The molecule has 0 aromatic heterocycles. The van der Waals surface area contributed by atoms with Gasteiger partial charge in [-0.1, -0.05) is 43.3 Å². The van der Waals surface area contributed by atoms with Gasteiger partial charge < -0.3 is 25.2 Å². The topological polar surface area (TPSA) is 90.2 Å². The third-order valence-electron chi connectivity index (χ3n) is 4.86. The van der Waals surface area contributed by atoms with Crippen LogP contribution in [0.25, 0.3) is 0 Å². The molecule has 4 N–H and O–H groups in total. The van der Waals surface area contributed by atoms with E-state index >= 15 is 0 Å². The molecule has 1 heterocycles. The zero-order valence-corrected chi connectivity index (χ0v) is 16.0. The van der Waals surface area contributed by atoms with Gasteiger partial charge in [0.05, 0.1) is 18.0 Å². The van der Waals surface area contributed by atoms with Crippen LogP contribution in [0.3, 0.4) is 0 Å². The van der Waals surface area contributed by atoms with Gasteiger partial charge in [0.1, 0.15) is 18.0 Å². The number of aliphatic hydroxyl groups is 4. The van der Waals surface area contributed by atoms with Crippen LogP contribution in [0.5, 0.6) is 5.75 Å². The van der Waals surface area contributed by atoms with Crippen molar-refractivity contribution in [3.63, 3.8) is 0 Å². The van der Waals surface area contributed by atoms with Gasteiger partial charge in [0, 0.05) is 0 Å². The second-order valence-electron chi connectivity index (χ2n) is 6.81. The second-order valence-corrected chi connectivity index (χ2v) is 8.15. The molecule has 1 aliphatic rings. The third-order valence-corrected chi connectivity index (χ3v) is 6.28. The first-order valence-corrected chi connectivity index (χ1v) is 10.1. The van der Waals surface area contributed by atoms with Crippen LogP contribution < -0.4 is 4.74 Å². The van der Waals surface area contributed by atoms with Gasteiger partial charge in [-0.2, -0.15) is 0 Å². The highest BCUT2D eigenvalue weighted by atomic mass is 32.2. The Kier molecular flexibility index (Phi) is 6.78. The average molecular weight is 391 g/mol. The van der Waals surface area contributed by atoms with Crippen LogP contribution in [-0.2, 0) is 12.8 Å². The van der Waals surface area contributed by atoms with E-state index in [9.17, 15) is 20.4 Å². The molecule has 27 heavy (non-hydrogen) atoms. The molecule has 0 amide bonds.